The number of hydrogen-bond donors (Lipinski definition) is 0. The third-order valence-electron chi connectivity index (χ3n) is 4.14. The van der Waals surface area contributed by atoms with E-state index in [1.807, 2.05) is 13.8 Å². The third-order valence-corrected chi connectivity index (χ3v) is 4.14. The van der Waals surface area contributed by atoms with Gasteiger partial charge in [-0.05, 0) is 52.6 Å². The standard InChI is InChI=1S/C16H14.C2H6/c1-10-13-5-3-2-4-11(13)9-16-14(10)7-6-12-8-15(12)16;1-2/h2-7,9,12,15H,8H2,1H3;1-2H3. The van der Waals surface area contributed by atoms with Crippen LogP contribution >= 0.6 is 0 Å². The van der Waals surface area contributed by atoms with E-state index in [-0.39, 0.29) is 0 Å². The Morgan fingerprint density at radius 1 is 1.11 bits per heavy atom. The Morgan fingerprint density at radius 2 is 1.89 bits per heavy atom. The van der Waals surface area contributed by atoms with Gasteiger partial charge in [0, 0.05) is 0 Å². The number of benzene rings is 2. The van der Waals surface area contributed by atoms with Crippen molar-refractivity contribution >= 4 is 16.8 Å². The summed E-state index contributed by atoms with van der Waals surface area (Å²) < 4.78 is 0. The van der Waals surface area contributed by atoms with Crippen LogP contribution in [0.3, 0.4) is 0 Å². The minimum atomic E-state index is 0.823. The van der Waals surface area contributed by atoms with E-state index in [1.54, 1.807) is 5.56 Å². The van der Waals surface area contributed by atoms with Crippen LogP contribution in [-0.4, -0.2) is 0 Å². The molecule has 4 rings (SSSR count). The molecule has 0 amide bonds. The molecule has 0 aliphatic heterocycles. The summed E-state index contributed by atoms with van der Waals surface area (Å²) in [5.74, 6) is 1.66. The van der Waals surface area contributed by atoms with Crippen molar-refractivity contribution in [3.05, 3.63) is 53.1 Å². The molecule has 18 heavy (non-hydrogen) atoms. The minimum Gasteiger partial charge on any atom is -0.0802 e. The van der Waals surface area contributed by atoms with Crippen molar-refractivity contribution in [2.45, 2.75) is 33.1 Å². The summed E-state index contributed by atoms with van der Waals surface area (Å²) in [7, 11) is 0. The maximum Gasteiger partial charge on any atom is -0.00866 e. The molecule has 2 aromatic carbocycles. The summed E-state index contributed by atoms with van der Waals surface area (Å²) in [5.41, 5.74) is 4.52. The fraction of sp³-hybridized carbons (Fsp3) is 0.333. The van der Waals surface area contributed by atoms with Gasteiger partial charge in [0.15, 0.2) is 0 Å². The van der Waals surface area contributed by atoms with Crippen LogP contribution in [0.5, 0.6) is 0 Å². The second-order valence-electron chi connectivity index (χ2n) is 5.09. The zero-order valence-corrected chi connectivity index (χ0v) is 11.4. The van der Waals surface area contributed by atoms with Gasteiger partial charge in [-0.1, -0.05) is 56.3 Å². The third kappa shape index (κ3) is 1.59. The van der Waals surface area contributed by atoms with Crippen molar-refractivity contribution in [3.63, 3.8) is 0 Å². The topological polar surface area (TPSA) is 0 Å². The lowest BCUT2D eigenvalue weighted by Crippen LogP contribution is -1.96. The molecule has 2 aromatic rings. The molecule has 92 valence electrons. The van der Waals surface area contributed by atoms with E-state index < -0.39 is 0 Å². The van der Waals surface area contributed by atoms with Crippen molar-refractivity contribution in [1.82, 2.24) is 0 Å². The molecule has 0 N–H and O–H groups in total. The second kappa shape index (κ2) is 4.28. The van der Waals surface area contributed by atoms with Crippen molar-refractivity contribution < 1.29 is 0 Å². The normalized spacial score (nSPS) is 22.8. The first-order valence-corrected chi connectivity index (χ1v) is 7.05. The predicted molar refractivity (Wildman–Crippen MR) is 79.9 cm³/mol. The van der Waals surface area contributed by atoms with Gasteiger partial charge in [0.2, 0.25) is 0 Å². The SMILES string of the molecule is CC.Cc1c2c(cc3ccccc13)C1CC1C=C2. The summed E-state index contributed by atoms with van der Waals surface area (Å²) in [6.45, 7) is 6.26. The first kappa shape index (κ1) is 11.5. The molecule has 0 saturated heterocycles. The number of fused-ring (bicyclic) bond motifs is 4. The van der Waals surface area contributed by atoms with Gasteiger partial charge in [-0.3, -0.25) is 0 Å². The maximum atomic E-state index is 2.41. The molecule has 0 heterocycles. The van der Waals surface area contributed by atoms with Crippen molar-refractivity contribution in [2.24, 2.45) is 5.92 Å². The lowest BCUT2D eigenvalue weighted by molar-refractivity contribution is 0.995. The number of hydrogen-bond acceptors (Lipinski definition) is 0. The van der Waals surface area contributed by atoms with Gasteiger partial charge in [0.1, 0.15) is 0 Å². The molecule has 0 nitrogen and oxygen atoms in total. The van der Waals surface area contributed by atoms with Crippen LogP contribution in [0.15, 0.2) is 36.4 Å². The second-order valence-corrected chi connectivity index (χ2v) is 5.09. The summed E-state index contributed by atoms with van der Waals surface area (Å²) in [6.07, 6.45) is 6.10. The molecule has 0 heteroatoms. The van der Waals surface area contributed by atoms with E-state index in [0.29, 0.717) is 0 Å². The molecule has 1 fully saturated rings. The zero-order chi connectivity index (χ0) is 12.7. The van der Waals surface area contributed by atoms with Gasteiger partial charge < -0.3 is 0 Å². The zero-order valence-electron chi connectivity index (χ0n) is 11.4. The lowest BCUT2D eigenvalue weighted by Gasteiger charge is -2.15. The lowest BCUT2D eigenvalue weighted by atomic mass is 9.89. The van der Waals surface area contributed by atoms with E-state index in [0.717, 1.165) is 11.8 Å². The molecule has 2 aliphatic rings. The highest BCUT2D eigenvalue weighted by Crippen LogP contribution is 2.53. The van der Waals surface area contributed by atoms with Gasteiger partial charge in [0.25, 0.3) is 0 Å². The average molecular weight is 236 g/mol. The van der Waals surface area contributed by atoms with Gasteiger partial charge in [-0.15, -0.1) is 0 Å². The molecular formula is C18H20. The van der Waals surface area contributed by atoms with Crippen molar-refractivity contribution in [3.8, 4) is 0 Å². The van der Waals surface area contributed by atoms with E-state index in [1.165, 1.54) is 28.3 Å². The maximum absolute atomic E-state index is 2.41. The molecule has 0 radical (unpaired) electrons. The molecule has 0 bridgehead atoms. The molecular weight excluding hydrogens is 216 g/mol. The molecule has 2 aliphatic carbocycles. The van der Waals surface area contributed by atoms with E-state index >= 15 is 0 Å². The molecule has 2 unspecified atom stereocenters. The number of allylic oxidation sites excluding steroid dienone is 1. The summed E-state index contributed by atoms with van der Waals surface area (Å²) in [6, 6.07) is 11.1. The quantitative estimate of drug-likeness (QED) is 0.582. The monoisotopic (exact) mass is 236 g/mol. The number of aryl methyl sites for hydroxylation is 1. The Bertz CT molecular complexity index is 619. The molecule has 0 spiro atoms. The fourth-order valence-electron chi connectivity index (χ4n) is 3.10. The highest BCUT2D eigenvalue weighted by atomic mass is 14.4. The fourth-order valence-corrected chi connectivity index (χ4v) is 3.10. The summed E-state index contributed by atoms with van der Waals surface area (Å²) >= 11 is 0. The van der Waals surface area contributed by atoms with Crippen molar-refractivity contribution in [1.29, 1.82) is 0 Å². The van der Waals surface area contributed by atoms with Crippen molar-refractivity contribution in [2.75, 3.05) is 0 Å². The summed E-state index contributed by atoms with van der Waals surface area (Å²) in [5, 5.41) is 2.81. The summed E-state index contributed by atoms with van der Waals surface area (Å²) in [4.78, 5) is 0. The smallest absolute Gasteiger partial charge is 0.00866 e. The Hall–Kier alpha value is -1.56. The molecule has 0 aromatic heterocycles. The highest BCUT2D eigenvalue weighted by molar-refractivity contribution is 5.90. The van der Waals surface area contributed by atoms with Crippen LogP contribution < -0.4 is 0 Å². The predicted octanol–water partition coefficient (Wildman–Crippen LogP) is 5.30. The Balaban J connectivity index is 0.000000478. The first-order valence-electron chi connectivity index (χ1n) is 7.05. The Morgan fingerprint density at radius 3 is 2.72 bits per heavy atom. The minimum absolute atomic E-state index is 0.823. The number of rotatable bonds is 0. The average Bonchev–Trinajstić information content (AvgIpc) is 3.21. The van der Waals surface area contributed by atoms with Crippen LogP contribution in [0.25, 0.3) is 16.8 Å². The van der Waals surface area contributed by atoms with Crippen LogP contribution in [0.4, 0.5) is 0 Å². The van der Waals surface area contributed by atoms with Gasteiger partial charge >= 0.3 is 0 Å². The van der Waals surface area contributed by atoms with Crippen LogP contribution in [0.1, 0.15) is 42.9 Å². The van der Waals surface area contributed by atoms with E-state index in [4.69, 9.17) is 0 Å². The first-order chi connectivity index (χ1) is 8.84. The molecule has 1 saturated carbocycles. The van der Waals surface area contributed by atoms with E-state index in [2.05, 4.69) is 49.4 Å². The van der Waals surface area contributed by atoms with Crippen LogP contribution in [0, 0.1) is 12.8 Å². The molecule has 2 atom stereocenters. The van der Waals surface area contributed by atoms with Crippen LogP contribution in [-0.2, 0) is 0 Å². The highest BCUT2D eigenvalue weighted by Gasteiger charge is 2.39. The Labute approximate surface area is 109 Å². The van der Waals surface area contributed by atoms with Gasteiger partial charge in [-0.25, -0.2) is 0 Å². The van der Waals surface area contributed by atoms with Gasteiger partial charge in [0.05, 0.1) is 0 Å². The Kier molecular flexibility index (Phi) is 2.74. The van der Waals surface area contributed by atoms with Crippen LogP contribution in [0.2, 0.25) is 0 Å². The largest absolute Gasteiger partial charge is 0.0802 e. The van der Waals surface area contributed by atoms with Gasteiger partial charge in [-0.2, -0.15) is 0 Å². The van der Waals surface area contributed by atoms with E-state index in [9.17, 15) is 0 Å².